The summed E-state index contributed by atoms with van der Waals surface area (Å²) in [6.45, 7) is 0. The molecular formula is C17H12F2N2O2S. The van der Waals surface area contributed by atoms with E-state index in [1.807, 2.05) is 0 Å². The molecule has 4 nitrogen and oxygen atoms in total. The van der Waals surface area contributed by atoms with Crippen LogP contribution in [-0.2, 0) is 0 Å². The first kappa shape index (κ1) is 16.1. The van der Waals surface area contributed by atoms with Crippen molar-refractivity contribution >= 4 is 22.4 Å². The first-order chi connectivity index (χ1) is 11.6. The Balaban J connectivity index is 1.78. The zero-order chi connectivity index (χ0) is 17.1. The summed E-state index contributed by atoms with van der Waals surface area (Å²) in [5.74, 6) is -1.62. The summed E-state index contributed by atoms with van der Waals surface area (Å²) < 4.78 is 31.4. The highest BCUT2D eigenvalue weighted by molar-refractivity contribution is 7.14. The maximum absolute atomic E-state index is 13.3. The number of benzene rings is 2. The highest BCUT2D eigenvalue weighted by Crippen LogP contribution is 2.26. The summed E-state index contributed by atoms with van der Waals surface area (Å²) in [7, 11) is 1.52. The number of nitrogens with zero attached hydrogens (tertiary/aromatic N) is 1. The molecule has 0 aliphatic rings. The van der Waals surface area contributed by atoms with Crippen molar-refractivity contribution in [1.29, 1.82) is 0 Å². The molecular weight excluding hydrogens is 334 g/mol. The summed E-state index contributed by atoms with van der Waals surface area (Å²) in [5.41, 5.74) is 1.32. The molecule has 0 aliphatic carbocycles. The molecule has 0 fully saturated rings. The van der Waals surface area contributed by atoms with Crippen LogP contribution >= 0.6 is 11.3 Å². The number of aromatic nitrogens is 1. The van der Waals surface area contributed by atoms with Gasteiger partial charge in [0, 0.05) is 16.5 Å². The first-order valence-electron chi connectivity index (χ1n) is 6.93. The van der Waals surface area contributed by atoms with Gasteiger partial charge in [-0.2, -0.15) is 0 Å². The SMILES string of the molecule is COc1cccc(C(=O)Nc2nc(-c3ccc(F)c(F)c3)cs2)c1. The van der Waals surface area contributed by atoms with Gasteiger partial charge in [-0.15, -0.1) is 11.3 Å². The molecule has 3 aromatic rings. The molecule has 1 aromatic heterocycles. The molecule has 0 bridgehead atoms. The lowest BCUT2D eigenvalue weighted by atomic mass is 10.2. The zero-order valence-corrected chi connectivity index (χ0v) is 13.4. The van der Waals surface area contributed by atoms with E-state index in [1.54, 1.807) is 29.6 Å². The normalized spacial score (nSPS) is 10.5. The number of halogens is 2. The van der Waals surface area contributed by atoms with Crippen LogP contribution in [-0.4, -0.2) is 18.0 Å². The third-order valence-corrected chi connectivity index (χ3v) is 4.03. The van der Waals surface area contributed by atoms with Crippen LogP contribution in [0, 0.1) is 11.6 Å². The Morgan fingerprint density at radius 3 is 2.75 bits per heavy atom. The maximum atomic E-state index is 13.3. The van der Waals surface area contributed by atoms with E-state index in [-0.39, 0.29) is 5.91 Å². The Kier molecular flexibility index (Phi) is 4.52. The topological polar surface area (TPSA) is 51.2 Å². The number of hydrogen-bond acceptors (Lipinski definition) is 4. The lowest BCUT2D eigenvalue weighted by Gasteiger charge is -2.04. The molecule has 0 saturated heterocycles. The van der Waals surface area contributed by atoms with E-state index in [2.05, 4.69) is 10.3 Å². The Morgan fingerprint density at radius 1 is 1.17 bits per heavy atom. The largest absolute Gasteiger partial charge is 0.497 e. The zero-order valence-electron chi connectivity index (χ0n) is 12.5. The van der Waals surface area contributed by atoms with Crippen LogP contribution in [0.3, 0.4) is 0 Å². The van der Waals surface area contributed by atoms with E-state index >= 15 is 0 Å². The minimum Gasteiger partial charge on any atom is -0.497 e. The van der Waals surface area contributed by atoms with Crippen molar-refractivity contribution in [3.05, 3.63) is 65.0 Å². The molecule has 0 radical (unpaired) electrons. The van der Waals surface area contributed by atoms with Crippen LogP contribution in [0.2, 0.25) is 0 Å². The number of nitrogens with one attached hydrogen (secondary N) is 1. The van der Waals surface area contributed by atoms with E-state index < -0.39 is 11.6 Å². The van der Waals surface area contributed by atoms with Crippen LogP contribution < -0.4 is 10.1 Å². The molecule has 2 aromatic carbocycles. The molecule has 1 amide bonds. The van der Waals surface area contributed by atoms with Crippen LogP contribution in [0.1, 0.15) is 10.4 Å². The van der Waals surface area contributed by atoms with Crippen molar-refractivity contribution in [1.82, 2.24) is 4.98 Å². The number of ether oxygens (including phenoxy) is 1. The predicted molar refractivity (Wildman–Crippen MR) is 88.4 cm³/mol. The molecule has 3 rings (SSSR count). The summed E-state index contributed by atoms with van der Waals surface area (Å²) in [4.78, 5) is 16.4. The smallest absolute Gasteiger partial charge is 0.257 e. The van der Waals surface area contributed by atoms with Gasteiger partial charge >= 0.3 is 0 Å². The van der Waals surface area contributed by atoms with E-state index in [4.69, 9.17) is 4.74 Å². The third-order valence-electron chi connectivity index (χ3n) is 3.27. The summed E-state index contributed by atoms with van der Waals surface area (Å²) in [5, 5.41) is 4.69. The van der Waals surface area contributed by atoms with Crippen LogP contribution in [0.15, 0.2) is 47.8 Å². The van der Waals surface area contributed by atoms with Crippen LogP contribution in [0.25, 0.3) is 11.3 Å². The van der Waals surface area contributed by atoms with Gasteiger partial charge in [-0.3, -0.25) is 10.1 Å². The molecule has 1 N–H and O–H groups in total. The second-order valence-corrected chi connectivity index (χ2v) is 5.71. The summed E-state index contributed by atoms with van der Waals surface area (Å²) in [6.07, 6.45) is 0. The number of methoxy groups -OCH3 is 1. The Labute approximate surface area is 140 Å². The van der Waals surface area contributed by atoms with Crippen molar-refractivity contribution in [2.75, 3.05) is 12.4 Å². The minimum absolute atomic E-state index is 0.333. The molecule has 0 unspecified atom stereocenters. The van der Waals surface area contributed by atoms with Gasteiger partial charge in [-0.05, 0) is 36.4 Å². The van der Waals surface area contributed by atoms with Gasteiger partial charge < -0.3 is 4.74 Å². The number of carbonyl (C=O) groups excluding carboxylic acids is 1. The number of anilines is 1. The van der Waals surface area contributed by atoms with Gasteiger partial charge in [0.2, 0.25) is 0 Å². The van der Waals surface area contributed by atoms with E-state index in [0.29, 0.717) is 27.7 Å². The Bertz CT molecular complexity index is 896. The molecule has 1 heterocycles. The van der Waals surface area contributed by atoms with E-state index in [1.165, 1.54) is 24.5 Å². The van der Waals surface area contributed by atoms with Crippen molar-refractivity contribution < 1.29 is 18.3 Å². The van der Waals surface area contributed by atoms with Gasteiger partial charge in [0.05, 0.1) is 12.8 Å². The Hall–Kier alpha value is -2.80. The lowest BCUT2D eigenvalue weighted by Crippen LogP contribution is -2.11. The average molecular weight is 346 g/mol. The van der Waals surface area contributed by atoms with Crippen molar-refractivity contribution in [3.63, 3.8) is 0 Å². The predicted octanol–water partition coefficient (Wildman–Crippen LogP) is 4.35. The minimum atomic E-state index is -0.942. The molecule has 0 aliphatic heterocycles. The Morgan fingerprint density at radius 2 is 2.00 bits per heavy atom. The molecule has 0 spiro atoms. The number of hydrogen-bond donors (Lipinski definition) is 1. The number of carbonyl (C=O) groups is 1. The second-order valence-electron chi connectivity index (χ2n) is 4.85. The van der Waals surface area contributed by atoms with Crippen molar-refractivity contribution in [2.24, 2.45) is 0 Å². The highest BCUT2D eigenvalue weighted by atomic mass is 32.1. The fraction of sp³-hybridized carbons (Fsp3) is 0.0588. The van der Waals surface area contributed by atoms with Gasteiger partial charge in [0.1, 0.15) is 5.75 Å². The van der Waals surface area contributed by atoms with Crippen LogP contribution in [0.5, 0.6) is 5.75 Å². The third kappa shape index (κ3) is 3.41. The fourth-order valence-corrected chi connectivity index (χ4v) is 2.77. The number of thiazole rings is 1. The molecule has 24 heavy (non-hydrogen) atoms. The van der Waals surface area contributed by atoms with Gasteiger partial charge in [-0.1, -0.05) is 6.07 Å². The fourth-order valence-electron chi connectivity index (χ4n) is 2.05. The monoisotopic (exact) mass is 346 g/mol. The van der Waals surface area contributed by atoms with Gasteiger partial charge in [-0.25, -0.2) is 13.8 Å². The van der Waals surface area contributed by atoms with E-state index in [9.17, 15) is 13.6 Å². The molecule has 7 heteroatoms. The standard InChI is InChI=1S/C17H12F2N2O2S/c1-23-12-4-2-3-11(7-12)16(22)21-17-20-15(9-24-17)10-5-6-13(18)14(19)8-10/h2-9H,1H3,(H,20,21,22). The van der Waals surface area contributed by atoms with E-state index in [0.717, 1.165) is 12.1 Å². The molecule has 0 saturated carbocycles. The quantitative estimate of drug-likeness (QED) is 0.764. The maximum Gasteiger partial charge on any atom is 0.257 e. The van der Waals surface area contributed by atoms with Crippen molar-refractivity contribution in [2.45, 2.75) is 0 Å². The first-order valence-corrected chi connectivity index (χ1v) is 7.81. The summed E-state index contributed by atoms with van der Waals surface area (Å²) >= 11 is 1.20. The van der Waals surface area contributed by atoms with Gasteiger partial charge in [0.15, 0.2) is 16.8 Å². The number of rotatable bonds is 4. The summed E-state index contributed by atoms with van der Waals surface area (Å²) in [6, 6.07) is 10.3. The average Bonchev–Trinajstić information content (AvgIpc) is 3.06. The second kappa shape index (κ2) is 6.76. The van der Waals surface area contributed by atoms with Gasteiger partial charge in [0.25, 0.3) is 5.91 Å². The number of amides is 1. The molecule has 0 atom stereocenters. The van der Waals surface area contributed by atoms with Crippen LogP contribution in [0.4, 0.5) is 13.9 Å². The molecule has 122 valence electrons. The lowest BCUT2D eigenvalue weighted by molar-refractivity contribution is 0.102. The highest BCUT2D eigenvalue weighted by Gasteiger charge is 2.12. The van der Waals surface area contributed by atoms with Crippen molar-refractivity contribution in [3.8, 4) is 17.0 Å².